The summed E-state index contributed by atoms with van der Waals surface area (Å²) in [5.41, 5.74) is 0. The first-order valence-electron chi connectivity index (χ1n) is 5.57. The largest absolute Gasteiger partial charge is 0.374 e. The topological polar surface area (TPSA) is 67.4 Å². The Morgan fingerprint density at radius 3 is 2.82 bits per heavy atom. The monoisotopic (exact) mass is 272 g/mol. The lowest BCUT2D eigenvalue weighted by Crippen LogP contribution is -2.45. The first-order valence-corrected chi connectivity index (χ1v) is 7.12. The third kappa shape index (κ3) is 5.71. The van der Waals surface area contributed by atoms with Crippen molar-refractivity contribution in [3.63, 3.8) is 0 Å². The zero-order valence-corrected chi connectivity index (χ0v) is 10.3. The summed E-state index contributed by atoms with van der Waals surface area (Å²) in [4.78, 5) is 0. The van der Waals surface area contributed by atoms with E-state index in [1.54, 1.807) is 0 Å². The van der Waals surface area contributed by atoms with Gasteiger partial charge in [-0.2, -0.15) is 0 Å². The molecule has 0 aliphatic carbocycles. The van der Waals surface area contributed by atoms with Gasteiger partial charge in [0.05, 0.1) is 11.9 Å². The Kier molecular flexibility index (Phi) is 6.24. The average Bonchev–Trinajstić information content (AvgIpc) is 2.29. The molecule has 5 nitrogen and oxygen atoms in total. The Morgan fingerprint density at radius 2 is 2.24 bits per heavy atom. The second-order valence-corrected chi connectivity index (χ2v) is 5.92. The minimum absolute atomic E-state index is 0.0333. The maximum Gasteiger partial charge on any atom is 0.261 e. The molecule has 0 aromatic carbocycles. The molecule has 1 aliphatic rings. The van der Waals surface area contributed by atoms with Crippen LogP contribution in [0.15, 0.2) is 0 Å². The van der Waals surface area contributed by atoms with Crippen LogP contribution in [0.5, 0.6) is 0 Å². The van der Waals surface area contributed by atoms with Crippen molar-refractivity contribution >= 4 is 10.0 Å². The average molecular weight is 272 g/mol. The van der Waals surface area contributed by atoms with Gasteiger partial charge in [-0.1, -0.05) is 0 Å². The lowest BCUT2D eigenvalue weighted by Gasteiger charge is -2.22. The van der Waals surface area contributed by atoms with Crippen LogP contribution < -0.4 is 10.0 Å². The van der Waals surface area contributed by atoms with Crippen molar-refractivity contribution in [1.82, 2.24) is 10.0 Å². The van der Waals surface area contributed by atoms with Gasteiger partial charge in [-0.3, -0.25) is 0 Å². The molecule has 1 rings (SSSR count). The van der Waals surface area contributed by atoms with Crippen molar-refractivity contribution in [3.05, 3.63) is 0 Å². The van der Waals surface area contributed by atoms with Gasteiger partial charge in [-0.05, 0) is 19.4 Å². The fraction of sp³-hybridized carbons (Fsp3) is 1.00. The molecule has 1 saturated heterocycles. The third-order valence-corrected chi connectivity index (χ3v) is 4.37. The molecule has 0 aromatic heterocycles. The third-order valence-electron chi connectivity index (χ3n) is 2.48. The van der Waals surface area contributed by atoms with Crippen LogP contribution in [-0.2, 0) is 14.8 Å². The van der Waals surface area contributed by atoms with Gasteiger partial charge in [-0.25, -0.2) is 21.9 Å². The molecule has 0 bridgehead atoms. The van der Waals surface area contributed by atoms with Gasteiger partial charge in [0.25, 0.3) is 6.43 Å². The number of hydrogen-bond acceptors (Lipinski definition) is 4. The Hall–Kier alpha value is -0.310. The quantitative estimate of drug-likeness (QED) is 0.637. The van der Waals surface area contributed by atoms with Crippen LogP contribution in [0.2, 0.25) is 0 Å². The van der Waals surface area contributed by atoms with Crippen molar-refractivity contribution in [2.75, 3.05) is 32.8 Å². The van der Waals surface area contributed by atoms with Crippen molar-refractivity contribution in [3.8, 4) is 0 Å². The molecule has 102 valence electrons. The number of rotatable bonds is 7. The standard InChI is InChI=1S/C9H18F2N2O3S/c10-9(11)7-16-5-4-13-17(14,15)8-2-1-3-12-6-8/h8-9,12-13H,1-7H2. The van der Waals surface area contributed by atoms with Crippen molar-refractivity contribution in [2.45, 2.75) is 24.5 Å². The van der Waals surface area contributed by atoms with Crippen molar-refractivity contribution < 1.29 is 21.9 Å². The zero-order valence-electron chi connectivity index (χ0n) is 9.49. The highest BCUT2D eigenvalue weighted by Crippen LogP contribution is 2.09. The highest BCUT2D eigenvalue weighted by atomic mass is 32.2. The van der Waals surface area contributed by atoms with E-state index >= 15 is 0 Å². The molecule has 0 aromatic rings. The molecular formula is C9H18F2N2O3S. The summed E-state index contributed by atoms with van der Waals surface area (Å²) in [6, 6.07) is 0. The molecule has 0 spiro atoms. The number of piperidine rings is 1. The van der Waals surface area contributed by atoms with Gasteiger partial charge in [-0.15, -0.1) is 0 Å². The van der Waals surface area contributed by atoms with Crippen LogP contribution >= 0.6 is 0 Å². The van der Waals surface area contributed by atoms with Crippen LogP contribution in [0.25, 0.3) is 0 Å². The predicted molar refractivity (Wildman–Crippen MR) is 59.6 cm³/mol. The van der Waals surface area contributed by atoms with Crippen LogP contribution in [0.1, 0.15) is 12.8 Å². The second kappa shape index (κ2) is 7.20. The van der Waals surface area contributed by atoms with Crippen LogP contribution in [-0.4, -0.2) is 52.9 Å². The van der Waals surface area contributed by atoms with E-state index in [0.29, 0.717) is 13.0 Å². The minimum Gasteiger partial charge on any atom is -0.374 e. The van der Waals surface area contributed by atoms with Gasteiger partial charge in [0.2, 0.25) is 10.0 Å². The van der Waals surface area contributed by atoms with E-state index in [4.69, 9.17) is 0 Å². The smallest absolute Gasteiger partial charge is 0.261 e. The number of ether oxygens (including phenoxy) is 1. The number of alkyl halides is 2. The number of hydrogen-bond donors (Lipinski definition) is 2. The summed E-state index contributed by atoms with van der Waals surface area (Å²) in [7, 11) is -3.36. The molecule has 1 unspecified atom stereocenters. The van der Waals surface area contributed by atoms with Gasteiger partial charge >= 0.3 is 0 Å². The summed E-state index contributed by atoms with van der Waals surface area (Å²) < 4.78 is 53.8. The van der Waals surface area contributed by atoms with E-state index < -0.39 is 28.3 Å². The van der Waals surface area contributed by atoms with E-state index in [1.165, 1.54) is 0 Å². The molecule has 2 N–H and O–H groups in total. The summed E-state index contributed by atoms with van der Waals surface area (Å²) in [5, 5.41) is 2.57. The lowest BCUT2D eigenvalue weighted by molar-refractivity contribution is 0.0198. The molecule has 1 heterocycles. The van der Waals surface area contributed by atoms with Gasteiger partial charge in [0.1, 0.15) is 6.61 Å². The van der Waals surface area contributed by atoms with E-state index in [2.05, 4.69) is 14.8 Å². The number of halogens is 2. The maximum absolute atomic E-state index is 11.7. The Labute approximate surface area is 100.0 Å². The predicted octanol–water partition coefficient (Wildman–Crippen LogP) is -0.0605. The maximum atomic E-state index is 11.7. The number of sulfonamides is 1. The Morgan fingerprint density at radius 1 is 1.47 bits per heavy atom. The van der Waals surface area contributed by atoms with Gasteiger partial charge < -0.3 is 10.1 Å². The van der Waals surface area contributed by atoms with Crippen molar-refractivity contribution in [2.24, 2.45) is 0 Å². The SMILES string of the molecule is O=S(=O)(NCCOCC(F)F)C1CCCNC1. The highest BCUT2D eigenvalue weighted by molar-refractivity contribution is 7.90. The zero-order chi connectivity index (χ0) is 12.7. The van der Waals surface area contributed by atoms with Gasteiger partial charge in [0.15, 0.2) is 0 Å². The molecular weight excluding hydrogens is 254 g/mol. The van der Waals surface area contributed by atoms with E-state index in [9.17, 15) is 17.2 Å². The molecule has 1 atom stereocenters. The molecule has 0 saturated carbocycles. The molecule has 0 amide bonds. The fourth-order valence-electron chi connectivity index (χ4n) is 1.63. The first-order chi connectivity index (χ1) is 8.02. The lowest BCUT2D eigenvalue weighted by atomic mass is 10.2. The van der Waals surface area contributed by atoms with E-state index in [1.807, 2.05) is 0 Å². The van der Waals surface area contributed by atoms with Crippen LogP contribution in [0.4, 0.5) is 8.78 Å². The molecule has 1 aliphatic heterocycles. The molecule has 17 heavy (non-hydrogen) atoms. The first kappa shape index (κ1) is 14.7. The van der Waals surface area contributed by atoms with E-state index in [-0.39, 0.29) is 13.2 Å². The van der Waals surface area contributed by atoms with E-state index in [0.717, 1.165) is 13.0 Å². The van der Waals surface area contributed by atoms with Crippen molar-refractivity contribution in [1.29, 1.82) is 0 Å². The van der Waals surface area contributed by atoms with Crippen LogP contribution in [0, 0.1) is 0 Å². The fourth-order valence-corrected chi connectivity index (χ4v) is 3.05. The molecule has 8 heteroatoms. The second-order valence-electron chi connectivity index (χ2n) is 3.87. The Balaban J connectivity index is 2.20. The summed E-state index contributed by atoms with van der Waals surface area (Å²) in [6.07, 6.45) is -1.07. The minimum atomic E-state index is -3.36. The van der Waals surface area contributed by atoms with Crippen LogP contribution in [0.3, 0.4) is 0 Å². The normalized spacial score (nSPS) is 21.9. The molecule has 1 fully saturated rings. The highest BCUT2D eigenvalue weighted by Gasteiger charge is 2.26. The summed E-state index contributed by atoms with van der Waals surface area (Å²) in [5.74, 6) is 0. The van der Waals surface area contributed by atoms with Gasteiger partial charge in [0, 0.05) is 13.1 Å². The Bertz CT molecular complexity index is 305. The number of nitrogens with one attached hydrogen (secondary N) is 2. The molecule has 0 radical (unpaired) electrons. The summed E-state index contributed by atoms with van der Waals surface area (Å²) >= 11 is 0. The summed E-state index contributed by atoms with van der Waals surface area (Å²) in [6.45, 7) is 0.610.